The van der Waals surface area contributed by atoms with Crippen LogP contribution in [-0.2, 0) is 0 Å². The van der Waals surface area contributed by atoms with E-state index in [1.54, 1.807) is 36.4 Å². The van der Waals surface area contributed by atoms with E-state index < -0.39 is 6.03 Å². The van der Waals surface area contributed by atoms with Crippen LogP contribution >= 0.6 is 0 Å². The number of nitrogens with two attached hydrogens (primary N) is 1. The molecule has 26 heavy (non-hydrogen) atoms. The van der Waals surface area contributed by atoms with E-state index in [1.807, 2.05) is 42.5 Å². The monoisotopic (exact) mass is 347 g/mol. The van der Waals surface area contributed by atoms with Crippen LogP contribution in [0.2, 0.25) is 0 Å². The summed E-state index contributed by atoms with van der Waals surface area (Å²) in [5, 5.41) is 5.28. The number of rotatable bonds is 5. The zero-order valence-corrected chi connectivity index (χ0v) is 13.8. The van der Waals surface area contributed by atoms with Gasteiger partial charge in [0.15, 0.2) is 5.75 Å². The van der Waals surface area contributed by atoms with Crippen LogP contribution in [0.1, 0.15) is 10.4 Å². The lowest BCUT2D eigenvalue weighted by Gasteiger charge is -2.12. The lowest BCUT2D eigenvalue weighted by Crippen LogP contribution is -2.19. The zero-order chi connectivity index (χ0) is 18.4. The Kier molecular flexibility index (Phi) is 5.14. The Labute approximate surface area is 150 Å². The minimum Gasteiger partial charge on any atom is -0.455 e. The molecule has 3 aromatic rings. The molecule has 0 aromatic heterocycles. The van der Waals surface area contributed by atoms with Crippen LogP contribution in [0.4, 0.5) is 16.2 Å². The fourth-order valence-corrected chi connectivity index (χ4v) is 2.32. The van der Waals surface area contributed by atoms with Gasteiger partial charge in [0.05, 0.1) is 5.69 Å². The third-order valence-corrected chi connectivity index (χ3v) is 3.52. The molecular formula is C20H17N3O3. The van der Waals surface area contributed by atoms with Crippen molar-refractivity contribution in [3.8, 4) is 11.5 Å². The van der Waals surface area contributed by atoms with Crippen LogP contribution in [-0.4, -0.2) is 11.9 Å². The molecule has 0 heterocycles. The summed E-state index contributed by atoms with van der Waals surface area (Å²) in [5.41, 5.74) is 6.57. The maximum atomic E-state index is 12.5. The van der Waals surface area contributed by atoms with Gasteiger partial charge < -0.3 is 21.1 Å². The molecule has 0 aliphatic heterocycles. The van der Waals surface area contributed by atoms with Gasteiger partial charge in [-0.15, -0.1) is 0 Å². The number of anilines is 2. The number of hydrogen-bond acceptors (Lipinski definition) is 3. The van der Waals surface area contributed by atoms with Crippen LogP contribution in [0.5, 0.6) is 11.5 Å². The van der Waals surface area contributed by atoms with Crippen LogP contribution in [0, 0.1) is 0 Å². The van der Waals surface area contributed by atoms with E-state index in [-0.39, 0.29) is 5.91 Å². The standard InChI is InChI=1S/C20H17N3O3/c21-20(25)22-15-12-10-14(11-13-15)19(24)23-17-8-4-5-9-18(17)26-16-6-2-1-3-7-16/h1-13H,(H,23,24)(H3,21,22,25). The molecule has 0 bridgehead atoms. The molecule has 0 unspecified atom stereocenters. The van der Waals surface area contributed by atoms with Gasteiger partial charge in [-0.05, 0) is 48.5 Å². The first-order valence-corrected chi connectivity index (χ1v) is 7.91. The van der Waals surface area contributed by atoms with Gasteiger partial charge in [-0.3, -0.25) is 4.79 Å². The maximum absolute atomic E-state index is 12.5. The maximum Gasteiger partial charge on any atom is 0.316 e. The van der Waals surface area contributed by atoms with Gasteiger partial charge in [0.25, 0.3) is 5.91 Å². The summed E-state index contributed by atoms with van der Waals surface area (Å²) in [7, 11) is 0. The Morgan fingerprint density at radius 3 is 2.12 bits per heavy atom. The number of hydrogen-bond donors (Lipinski definition) is 3. The van der Waals surface area contributed by atoms with E-state index in [2.05, 4.69) is 10.6 Å². The molecule has 130 valence electrons. The number of carbonyl (C=O) groups excluding carboxylic acids is 2. The number of carbonyl (C=O) groups is 2. The largest absolute Gasteiger partial charge is 0.455 e. The summed E-state index contributed by atoms with van der Waals surface area (Å²) in [6.07, 6.45) is 0. The molecule has 4 N–H and O–H groups in total. The Balaban J connectivity index is 1.74. The van der Waals surface area contributed by atoms with Crippen molar-refractivity contribution in [1.82, 2.24) is 0 Å². The number of ether oxygens (including phenoxy) is 1. The molecule has 3 rings (SSSR count). The van der Waals surface area contributed by atoms with Gasteiger partial charge in [0, 0.05) is 11.3 Å². The predicted octanol–water partition coefficient (Wildman–Crippen LogP) is 4.22. The molecule has 0 radical (unpaired) electrons. The Morgan fingerprint density at radius 1 is 0.769 bits per heavy atom. The lowest BCUT2D eigenvalue weighted by molar-refractivity contribution is 0.102. The van der Waals surface area contributed by atoms with Crippen molar-refractivity contribution >= 4 is 23.3 Å². The van der Waals surface area contributed by atoms with Gasteiger partial charge in [-0.1, -0.05) is 30.3 Å². The van der Waals surface area contributed by atoms with Crippen molar-refractivity contribution in [2.75, 3.05) is 10.6 Å². The van der Waals surface area contributed by atoms with Crippen LogP contribution in [0.15, 0.2) is 78.9 Å². The first kappa shape index (κ1) is 17.0. The molecule has 3 aromatic carbocycles. The normalized spacial score (nSPS) is 10.0. The quantitative estimate of drug-likeness (QED) is 0.645. The molecule has 0 aliphatic carbocycles. The highest BCUT2D eigenvalue weighted by Crippen LogP contribution is 2.29. The number of urea groups is 1. The topological polar surface area (TPSA) is 93.5 Å². The average Bonchev–Trinajstić information content (AvgIpc) is 2.64. The summed E-state index contributed by atoms with van der Waals surface area (Å²) in [4.78, 5) is 23.3. The van der Waals surface area contributed by atoms with Crippen LogP contribution < -0.4 is 21.1 Å². The molecule has 0 saturated carbocycles. The SMILES string of the molecule is NC(=O)Nc1ccc(C(=O)Nc2ccccc2Oc2ccccc2)cc1. The van der Waals surface area contributed by atoms with Crippen molar-refractivity contribution < 1.29 is 14.3 Å². The number of primary amides is 1. The second kappa shape index (κ2) is 7.85. The Bertz CT molecular complexity index is 909. The summed E-state index contributed by atoms with van der Waals surface area (Å²) < 4.78 is 5.83. The van der Waals surface area contributed by atoms with E-state index in [0.717, 1.165) is 0 Å². The second-order valence-electron chi connectivity index (χ2n) is 5.43. The molecule has 6 heteroatoms. The summed E-state index contributed by atoms with van der Waals surface area (Å²) in [6.45, 7) is 0. The van der Waals surface area contributed by atoms with Gasteiger partial charge >= 0.3 is 6.03 Å². The molecule has 6 nitrogen and oxygen atoms in total. The smallest absolute Gasteiger partial charge is 0.316 e. The number of amides is 3. The van der Waals surface area contributed by atoms with E-state index in [1.165, 1.54) is 0 Å². The van der Waals surface area contributed by atoms with Crippen molar-refractivity contribution in [2.45, 2.75) is 0 Å². The van der Waals surface area contributed by atoms with Gasteiger partial charge in [-0.2, -0.15) is 0 Å². The molecule has 0 atom stereocenters. The van der Waals surface area contributed by atoms with Crippen LogP contribution in [0.3, 0.4) is 0 Å². The highest BCUT2D eigenvalue weighted by atomic mass is 16.5. The highest BCUT2D eigenvalue weighted by molar-refractivity contribution is 6.05. The van der Waals surface area contributed by atoms with Crippen molar-refractivity contribution in [1.29, 1.82) is 0 Å². The molecule has 0 spiro atoms. The minimum absolute atomic E-state index is 0.292. The first-order chi connectivity index (χ1) is 12.6. The highest BCUT2D eigenvalue weighted by Gasteiger charge is 2.10. The molecular weight excluding hydrogens is 330 g/mol. The Hall–Kier alpha value is -3.80. The van der Waals surface area contributed by atoms with Gasteiger partial charge in [0.2, 0.25) is 0 Å². The third-order valence-electron chi connectivity index (χ3n) is 3.52. The lowest BCUT2D eigenvalue weighted by atomic mass is 10.2. The van der Waals surface area contributed by atoms with Crippen molar-refractivity contribution in [2.24, 2.45) is 5.73 Å². The fraction of sp³-hybridized carbons (Fsp3) is 0. The van der Waals surface area contributed by atoms with Crippen LogP contribution in [0.25, 0.3) is 0 Å². The second-order valence-corrected chi connectivity index (χ2v) is 5.43. The summed E-state index contributed by atoms with van der Waals surface area (Å²) in [6, 6.07) is 22.3. The van der Waals surface area contributed by atoms with E-state index in [0.29, 0.717) is 28.4 Å². The average molecular weight is 347 g/mol. The Morgan fingerprint density at radius 2 is 1.42 bits per heavy atom. The number of benzene rings is 3. The molecule has 0 saturated heterocycles. The third kappa shape index (κ3) is 4.39. The fourth-order valence-electron chi connectivity index (χ4n) is 2.32. The molecule has 0 aliphatic rings. The first-order valence-electron chi connectivity index (χ1n) is 7.91. The minimum atomic E-state index is -0.658. The van der Waals surface area contributed by atoms with E-state index in [4.69, 9.17) is 10.5 Å². The van der Waals surface area contributed by atoms with Crippen molar-refractivity contribution in [3.63, 3.8) is 0 Å². The van der Waals surface area contributed by atoms with E-state index >= 15 is 0 Å². The van der Waals surface area contributed by atoms with Gasteiger partial charge in [0.1, 0.15) is 5.75 Å². The molecule has 3 amide bonds. The predicted molar refractivity (Wildman–Crippen MR) is 101 cm³/mol. The van der Waals surface area contributed by atoms with Crippen molar-refractivity contribution in [3.05, 3.63) is 84.4 Å². The zero-order valence-electron chi connectivity index (χ0n) is 13.8. The van der Waals surface area contributed by atoms with E-state index in [9.17, 15) is 9.59 Å². The summed E-state index contributed by atoms with van der Waals surface area (Å²) in [5.74, 6) is 0.926. The number of nitrogens with one attached hydrogen (secondary N) is 2. The summed E-state index contributed by atoms with van der Waals surface area (Å²) >= 11 is 0. The number of para-hydroxylation sites is 3. The molecule has 0 fully saturated rings. The van der Waals surface area contributed by atoms with Gasteiger partial charge in [-0.25, -0.2) is 4.79 Å².